The molecule has 0 rings (SSSR count). The molecule has 7 nitrogen and oxygen atoms in total. The summed E-state index contributed by atoms with van der Waals surface area (Å²) in [6.45, 7) is 0.571. The van der Waals surface area contributed by atoms with E-state index >= 15 is 0 Å². The zero-order valence-electron chi connectivity index (χ0n) is 9.99. The van der Waals surface area contributed by atoms with E-state index in [-0.39, 0.29) is 37.3 Å². The molecule has 0 aliphatic rings. The fraction of sp³-hybridized carbons (Fsp3) is 0.455. The number of hydrogen-bond donors (Lipinski definition) is 2. The number of esters is 1. The summed E-state index contributed by atoms with van der Waals surface area (Å²) in [6, 6.07) is 5.57. The van der Waals surface area contributed by atoms with Crippen molar-refractivity contribution in [1.29, 1.82) is 15.8 Å². The van der Waals surface area contributed by atoms with Crippen LogP contribution in [0, 0.1) is 34.0 Å². The van der Waals surface area contributed by atoms with Crippen molar-refractivity contribution in [3.05, 3.63) is 11.4 Å². The van der Waals surface area contributed by atoms with Gasteiger partial charge in [0.25, 0.3) is 0 Å². The predicted octanol–water partition coefficient (Wildman–Crippen LogP) is -0.0989. The van der Waals surface area contributed by atoms with Gasteiger partial charge in [0.15, 0.2) is 5.57 Å². The van der Waals surface area contributed by atoms with Gasteiger partial charge in [-0.2, -0.15) is 15.8 Å². The highest BCUT2D eigenvalue weighted by Crippen LogP contribution is 2.01. The summed E-state index contributed by atoms with van der Waals surface area (Å²) in [5.41, 5.74) is -0.214. The predicted molar refractivity (Wildman–Crippen MR) is 61.1 cm³/mol. The monoisotopic (exact) mass is 247 g/mol. The van der Waals surface area contributed by atoms with Gasteiger partial charge < -0.3 is 15.4 Å². The molecule has 0 atom stereocenters. The number of nitrogens with one attached hydrogen (secondary N) is 2. The molecule has 0 bridgehead atoms. The van der Waals surface area contributed by atoms with Gasteiger partial charge in [-0.05, 0) is 0 Å². The van der Waals surface area contributed by atoms with Crippen molar-refractivity contribution in [1.82, 2.24) is 10.6 Å². The molecule has 0 fully saturated rings. The van der Waals surface area contributed by atoms with Crippen molar-refractivity contribution in [3.8, 4) is 18.2 Å². The molecule has 0 aliphatic carbocycles. The topological polar surface area (TPSA) is 122 Å². The van der Waals surface area contributed by atoms with Crippen LogP contribution in [0.4, 0.5) is 0 Å². The number of carbonyl (C=O) groups is 1. The summed E-state index contributed by atoms with van der Waals surface area (Å²) in [5.74, 6) is -0.601. The highest BCUT2D eigenvalue weighted by molar-refractivity contribution is 5.93. The normalized spacial score (nSPS) is 8.11. The van der Waals surface area contributed by atoms with E-state index < -0.39 is 5.97 Å². The molecule has 94 valence electrons. The van der Waals surface area contributed by atoms with Crippen molar-refractivity contribution in [2.45, 2.75) is 12.8 Å². The summed E-state index contributed by atoms with van der Waals surface area (Å²) < 4.78 is 4.47. The number of carbonyl (C=O) groups excluding carboxylic acids is 1. The van der Waals surface area contributed by atoms with Crippen LogP contribution in [0.3, 0.4) is 0 Å². The third kappa shape index (κ3) is 5.39. The van der Waals surface area contributed by atoms with Gasteiger partial charge in [0.1, 0.15) is 11.9 Å². The first-order chi connectivity index (χ1) is 8.71. The van der Waals surface area contributed by atoms with Gasteiger partial charge in [0, 0.05) is 13.1 Å². The van der Waals surface area contributed by atoms with Crippen LogP contribution in [-0.2, 0) is 9.53 Å². The third-order valence-corrected chi connectivity index (χ3v) is 1.83. The van der Waals surface area contributed by atoms with Crippen molar-refractivity contribution in [2.24, 2.45) is 0 Å². The Morgan fingerprint density at radius 3 is 1.94 bits per heavy atom. The number of ether oxygens (including phenoxy) is 1. The zero-order chi connectivity index (χ0) is 13.8. The molecule has 0 aromatic heterocycles. The van der Waals surface area contributed by atoms with E-state index in [1.807, 2.05) is 12.1 Å². The van der Waals surface area contributed by atoms with E-state index in [0.717, 1.165) is 0 Å². The van der Waals surface area contributed by atoms with E-state index in [1.165, 1.54) is 7.11 Å². The van der Waals surface area contributed by atoms with E-state index in [9.17, 15) is 4.79 Å². The van der Waals surface area contributed by atoms with Crippen LogP contribution in [0.25, 0.3) is 0 Å². The molecule has 0 aromatic rings. The Morgan fingerprint density at radius 2 is 1.61 bits per heavy atom. The highest BCUT2D eigenvalue weighted by atomic mass is 16.5. The van der Waals surface area contributed by atoms with Crippen molar-refractivity contribution in [3.63, 3.8) is 0 Å². The van der Waals surface area contributed by atoms with Gasteiger partial charge in [-0.15, -0.1) is 0 Å². The van der Waals surface area contributed by atoms with Crippen LogP contribution >= 0.6 is 0 Å². The SMILES string of the molecule is COC(=O)C(C#N)=C(NCCC#N)NCCC#N. The first-order valence-corrected chi connectivity index (χ1v) is 5.15. The van der Waals surface area contributed by atoms with Crippen LogP contribution in [0.15, 0.2) is 11.4 Å². The summed E-state index contributed by atoms with van der Waals surface area (Å²) in [6.07, 6.45) is 0.451. The van der Waals surface area contributed by atoms with E-state index in [4.69, 9.17) is 15.8 Å². The standard InChI is InChI=1S/C11H13N5O2/c1-18-11(17)9(8-14)10(15-6-2-4-12)16-7-3-5-13/h15-16H,2-3,6-7H2,1H3. The van der Waals surface area contributed by atoms with Gasteiger partial charge in [0.2, 0.25) is 0 Å². The first kappa shape index (κ1) is 15.3. The molecule has 7 heteroatoms. The lowest BCUT2D eigenvalue weighted by Crippen LogP contribution is -2.31. The van der Waals surface area contributed by atoms with E-state index in [2.05, 4.69) is 15.4 Å². The lowest BCUT2D eigenvalue weighted by molar-refractivity contribution is -0.135. The fourth-order valence-corrected chi connectivity index (χ4v) is 1.03. The number of methoxy groups -OCH3 is 1. The molecule has 0 amide bonds. The van der Waals surface area contributed by atoms with Crippen molar-refractivity contribution in [2.75, 3.05) is 20.2 Å². The molecule has 0 radical (unpaired) electrons. The Bertz CT molecular complexity index is 414. The lowest BCUT2D eigenvalue weighted by Gasteiger charge is -2.12. The molecule has 2 N–H and O–H groups in total. The zero-order valence-corrected chi connectivity index (χ0v) is 9.99. The molecule has 0 saturated carbocycles. The second-order valence-electron chi connectivity index (χ2n) is 3.02. The van der Waals surface area contributed by atoms with Crippen LogP contribution in [0.2, 0.25) is 0 Å². The van der Waals surface area contributed by atoms with E-state index in [1.54, 1.807) is 6.07 Å². The summed E-state index contributed by atoms with van der Waals surface area (Å²) in [7, 11) is 1.17. The minimum absolute atomic E-state index is 0.176. The van der Waals surface area contributed by atoms with Gasteiger partial charge in [-0.25, -0.2) is 4.79 Å². The molecular weight excluding hydrogens is 234 g/mol. The third-order valence-electron chi connectivity index (χ3n) is 1.83. The molecular formula is C11H13N5O2. The maximum Gasteiger partial charge on any atom is 0.352 e. The Labute approximate surface area is 105 Å². The molecule has 0 aromatic carbocycles. The van der Waals surface area contributed by atoms with Gasteiger partial charge in [-0.3, -0.25) is 0 Å². The molecule has 0 heterocycles. The maximum absolute atomic E-state index is 11.3. The van der Waals surface area contributed by atoms with Crippen LogP contribution in [0.5, 0.6) is 0 Å². The Balaban J connectivity index is 4.86. The van der Waals surface area contributed by atoms with Crippen molar-refractivity contribution >= 4 is 5.97 Å². The summed E-state index contributed by atoms with van der Waals surface area (Å²) in [4.78, 5) is 11.3. The van der Waals surface area contributed by atoms with Crippen LogP contribution < -0.4 is 10.6 Å². The number of rotatable bonds is 7. The first-order valence-electron chi connectivity index (χ1n) is 5.15. The van der Waals surface area contributed by atoms with Crippen molar-refractivity contribution < 1.29 is 9.53 Å². The number of nitriles is 3. The van der Waals surface area contributed by atoms with Gasteiger partial charge >= 0.3 is 5.97 Å². The fourth-order valence-electron chi connectivity index (χ4n) is 1.03. The largest absolute Gasteiger partial charge is 0.465 e. The average Bonchev–Trinajstić information content (AvgIpc) is 2.39. The summed E-state index contributed by atoms with van der Waals surface area (Å²) in [5, 5.41) is 31.2. The van der Waals surface area contributed by atoms with Gasteiger partial charge in [0.05, 0.1) is 32.1 Å². The molecule has 0 spiro atoms. The molecule has 18 heavy (non-hydrogen) atoms. The second kappa shape index (κ2) is 9.50. The minimum atomic E-state index is -0.776. The smallest absolute Gasteiger partial charge is 0.352 e. The molecule has 0 saturated heterocycles. The number of nitrogens with zero attached hydrogens (tertiary/aromatic N) is 3. The van der Waals surface area contributed by atoms with Gasteiger partial charge in [-0.1, -0.05) is 0 Å². The molecule has 0 aliphatic heterocycles. The Hall–Kier alpha value is -2.72. The van der Waals surface area contributed by atoms with Crippen LogP contribution in [-0.4, -0.2) is 26.2 Å². The lowest BCUT2D eigenvalue weighted by atomic mass is 10.2. The quantitative estimate of drug-likeness (QED) is 0.279. The summed E-state index contributed by atoms with van der Waals surface area (Å²) >= 11 is 0. The minimum Gasteiger partial charge on any atom is -0.465 e. The van der Waals surface area contributed by atoms with Crippen LogP contribution in [0.1, 0.15) is 12.8 Å². The Morgan fingerprint density at radius 1 is 1.11 bits per heavy atom. The molecule has 0 unspecified atom stereocenters. The van der Waals surface area contributed by atoms with E-state index in [0.29, 0.717) is 0 Å². The Kier molecular flexibility index (Phi) is 8.07. The second-order valence-corrected chi connectivity index (χ2v) is 3.02. The number of hydrogen-bond acceptors (Lipinski definition) is 7. The highest BCUT2D eigenvalue weighted by Gasteiger charge is 2.15. The maximum atomic E-state index is 11.3. The average molecular weight is 247 g/mol.